The number of nitrogens with one attached hydrogen (secondary N) is 2. The van der Waals surface area contributed by atoms with Gasteiger partial charge in [0, 0.05) is 0 Å². The lowest BCUT2D eigenvalue weighted by atomic mass is 9.64. The molecule has 1 heterocycles. The van der Waals surface area contributed by atoms with E-state index in [2.05, 4.69) is 32.9 Å². The number of nitrogens with zero attached hydrogens (tertiary/aromatic N) is 2. The quantitative estimate of drug-likeness (QED) is 0.870. The second-order valence-corrected chi connectivity index (χ2v) is 5.44. The van der Waals surface area contributed by atoms with E-state index in [0.29, 0.717) is 6.54 Å². The zero-order valence-electron chi connectivity index (χ0n) is 11.3. The highest BCUT2D eigenvalue weighted by Crippen LogP contribution is 2.44. The molecule has 3 rings (SSSR count). The molecule has 1 aliphatic rings. The van der Waals surface area contributed by atoms with Crippen LogP contribution in [0.4, 0.5) is 0 Å². The maximum Gasteiger partial charge on any atom is 0.226 e. The first kappa shape index (κ1) is 12.8. The Labute approximate surface area is 117 Å². The van der Waals surface area contributed by atoms with E-state index in [4.69, 9.17) is 0 Å². The minimum absolute atomic E-state index is 0.135. The smallest absolute Gasteiger partial charge is 0.226 e. The Morgan fingerprint density at radius 2 is 2.10 bits per heavy atom. The fourth-order valence-electron chi connectivity index (χ4n) is 2.74. The van der Waals surface area contributed by atoms with E-state index in [0.717, 1.165) is 31.4 Å². The number of benzene rings is 1. The van der Waals surface area contributed by atoms with Gasteiger partial charge in [-0.15, -0.1) is 0 Å². The van der Waals surface area contributed by atoms with Gasteiger partial charge in [0.25, 0.3) is 0 Å². The van der Waals surface area contributed by atoms with E-state index in [9.17, 15) is 4.79 Å². The molecule has 1 fully saturated rings. The van der Waals surface area contributed by atoms with E-state index in [-0.39, 0.29) is 11.3 Å². The van der Waals surface area contributed by atoms with Crippen LogP contribution in [0.1, 0.15) is 30.5 Å². The van der Waals surface area contributed by atoms with Crippen LogP contribution in [0.25, 0.3) is 0 Å². The van der Waals surface area contributed by atoms with Crippen LogP contribution in [0.15, 0.2) is 36.5 Å². The maximum atomic E-state index is 12.5. The number of amides is 1. The van der Waals surface area contributed by atoms with Crippen molar-refractivity contribution in [2.75, 3.05) is 0 Å². The van der Waals surface area contributed by atoms with Crippen molar-refractivity contribution in [3.8, 4) is 0 Å². The molecule has 104 valence electrons. The van der Waals surface area contributed by atoms with E-state index in [1.807, 2.05) is 18.2 Å². The molecular weight excluding hydrogens is 252 g/mol. The molecule has 0 unspecified atom stereocenters. The molecule has 1 aromatic carbocycles. The second-order valence-electron chi connectivity index (χ2n) is 5.44. The van der Waals surface area contributed by atoms with Crippen LogP contribution in [0.3, 0.4) is 0 Å². The number of hydrogen-bond donors (Lipinski definition) is 2. The molecule has 1 aliphatic carbocycles. The average Bonchev–Trinajstić information content (AvgIpc) is 2.94. The zero-order valence-corrected chi connectivity index (χ0v) is 11.3. The fourth-order valence-corrected chi connectivity index (χ4v) is 2.74. The van der Waals surface area contributed by atoms with E-state index in [1.165, 1.54) is 5.56 Å². The third-order valence-corrected chi connectivity index (χ3v) is 4.07. The minimum atomic E-state index is -0.231. The molecule has 5 nitrogen and oxygen atoms in total. The highest BCUT2D eigenvalue weighted by Gasteiger charge is 2.43. The van der Waals surface area contributed by atoms with E-state index in [1.54, 1.807) is 6.20 Å². The summed E-state index contributed by atoms with van der Waals surface area (Å²) in [5.41, 5.74) is 1.75. The number of rotatable bonds is 5. The average molecular weight is 270 g/mol. The van der Waals surface area contributed by atoms with Gasteiger partial charge >= 0.3 is 0 Å². The van der Waals surface area contributed by atoms with Crippen molar-refractivity contribution in [3.63, 3.8) is 0 Å². The maximum absolute atomic E-state index is 12.5. The predicted molar refractivity (Wildman–Crippen MR) is 74.7 cm³/mol. The molecule has 5 heteroatoms. The van der Waals surface area contributed by atoms with Crippen LogP contribution in [-0.4, -0.2) is 21.3 Å². The number of carbonyl (C=O) groups is 1. The molecule has 1 saturated carbocycles. The minimum Gasteiger partial charge on any atom is -0.350 e. The summed E-state index contributed by atoms with van der Waals surface area (Å²) in [5.74, 6) is 0.135. The summed E-state index contributed by atoms with van der Waals surface area (Å²) >= 11 is 0. The van der Waals surface area contributed by atoms with Gasteiger partial charge in [0.15, 0.2) is 0 Å². The van der Waals surface area contributed by atoms with Crippen molar-refractivity contribution in [3.05, 3.63) is 47.8 Å². The topological polar surface area (TPSA) is 70.7 Å². The third-order valence-electron chi connectivity index (χ3n) is 4.07. The molecular formula is C15H18N4O. The zero-order chi connectivity index (χ0) is 13.8. The lowest BCUT2D eigenvalue weighted by Crippen LogP contribution is -2.46. The van der Waals surface area contributed by atoms with Gasteiger partial charge in [0.2, 0.25) is 5.91 Å². The first-order valence-corrected chi connectivity index (χ1v) is 6.95. The summed E-state index contributed by atoms with van der Waals surface area (Å²) in [6, 6.07) is 10.2. The van der Waals surface area contributed by atoms with Crippen LogP contribution in [0.5, 0.6) is 0 Å². The number of aromatic amines is 1. The molecule has 1 amide bonds. The summed E-state index contributed by atoms with van der Waals surface area (Å²) < 4.78 is 0. The highest BCUT2D eigenvalue weighted by atomic mass is 16.2. The summed E-state index contributed by atoms with van der Waals surface area (Å²) in [5, 5.41) is 13.2. The normalized spacial score (nSPS) is 16.4. The van der Waals surface area contributed by atoms with Crippen LogP contribution in [0.2, 0.25) is 0 Å². The molecule has 2 aromatic rings. The first-order chi connectivity index (χ1) is 9.78. The van der Waals surface area contributed by atoms with Gasteiger partial charge < -0.3 is 5.32 Å². The molecule has 0 spiro atoms. The van der Waals surface area contributed by atoms with Gasteiger partial charge in [0.1, 0.15) is 5.69 Å². The summed E-state index contributed by atoms with van der Waals surface area (Å²) in [6.07, 6.45) is 5.51. The SMILES string of the molecule is O=C(NCc1cn[nH]n1)C1(Cc2ccccc2)CCC1. The number of aromatic nitrogens is 3. The monoisotopic (exact) mass is 270 g/mol. The van der Waals surface area contributed by atoms with Gasteiger partial charge in [-0.05, 0) is 24.8 Å². The third kappa shape index (κ3) is 2.57. The van der Waals surface area contributed by atoms with Crippen LogP contribution >= 0.6 is 0 Å². The molecule has 2 N–H and O–H groups in total. The number of H-pyrrole nitrogens is 1. The Bertz CT molecular complexity index is 561. The lowest BCUT2D eigenvalue weighted by molar-refractivity contribution is -0.136. The highest BCUT2D eigenvalue weighted by molar-refractivity contribution is 5.83. The Morgan fingerprint density at radius 3 is 2.70 bits per heavy atom. The van der Waals surface area contributed by atoms with Crippen LogP contribution in [-0.2, 0) is 17.8 Å². The van der Waals surface area contributed by atoms with Gasteiger partial charge in [-0.25, -0.2) is 0 Å². The molecule has 0 radical (unpaired) electrons. The standard InChI is InChI=1S/C15H18N4O/c20-14(16-10-13-11-17-19-18-13)15(7-4-8-15)9-12-5-2-1-3-6-12/h1-3,5-6,11H,4,7-10H2,(H,16,20)(H,17,18,19). The van der Waals surface area contributed by atoms with E-state index < -0.39 is 0 Å². The van der Waals surface area contributed by atoms with Gasteiger partial charge in [-0.3, -0.25) is 4.79 Å². The predicted octanol–water partition coefficient (Wildman–Crippen LogP) is 1.83. The van der Waals surface area contributed by atoms with Crippen LogP contribution < -0.4 is 5.32 Å². The largest absolute Gasteiger partial charge is 0.350 e. The summed E-state index contributed by atoms with van der Waals surface area (Å²) in [7, 11) is 0. The molecule has 0 aliphatic heterocycles. The van der Waals surface area contributed by atoms with E-state index >= 15 is 0 Å². The Kier molecular flexibility index (Phi) is 3.50. The van der Waals surface area contributed by atoms with Gasteiger partial charge in [0.05, 0.1) is 18.2 Å². The Morgan fingerprint density at radius 1 is 1.30 bits per heavy atom. The Balaban J connectivity index is 1.64. The summed E-state index contributed by atoms with van der Waals surface area (Å²) in [6.45, 7) is 0.436. The molecule has 1 aromatic heterocycles. The molecule has 0 atom stereocenters. The molecule has 0 saturated heterocycles. The van der Waals surface area contributed by atoms with Crippen molar-refractivity contribution in [1.29, 1.82) is 0 Å². The van der Waals surface area contributed by atoms with Crippen LogP contribution in [0, 0.1) is 5.41 Å². The van der Waals surface area contributed by atoms with Crippen molar-refractivity contribution in [2.24, 2.45) is 5.41 Å². The van der Waals surface area contributed by atoms with Crippen molar-refractivity contribution >= 4 is 5.91 Å². The number of carbonyl (C=O) groups excluding carboxylic acids is 1. The fraction of sp³-hybridized carbons (Fsp3) is 0.400. The second kappa shape index (κ2) is 5.45. The van der Waals surface area contributed by atoms with Crippen molar-refractivity contribution in [2.45, 2.75) is 32.2 Å². The first-order valence-electron chi connectivity index (χ1n) is 6.95. The number of hydrogen-bond acceptors (Lipinski definition) is 3. The molecule has 20 heavy (non-hydrogen) atoms. The molecule has 0 bridgehead atoms. The lowest BCUT2D eigenvalue weighted by Gasteiger charge is -2.40. The summed E-state index contributed by atoms with van der Waals surface area (Å²) in [4.78, 5) is 12.5. The van der Waals surface area contributed by atoms with Crippen molar-refractivity contribution < 1.29 is 4.79 Å². The van der Waals surface area contributed by atoms with Crippen molar-refractivity contribution in [1.82, 2.24) is 20.7 Å². The van der Waals surface area contributed by atoms with Gasteiger partial charge in [-0.2, -0.15) is 15.4 Å². The van der Waals surface area contributed by atoms with Gasteiger partial charge in [-0.1, -0.05) is 36.8 Å². The Hall–Kier alpha value is -2.17.